The van der Waals surface area contributed by atoms with Crippen LogP contribution in [0.25, 0.3) is 10.2 Å². The average molecular weight is 364 g/mol. The molecule has 2 aromatic rings. The summed E-state index contributed by atoms with van der Waals surface area (Å²) >= 11 is 2.97. The molecule has 0 aliphatic heterocycles. The van der Waals surface area contributed by atoms with Gasteiger partial charge in [-0.1, -0.05) is 36.7 Å². The molecular weight excluding hydrogens is 344 g/mol. The number of para-hydroxylation sites is 1. The molecule has 0 bridgehead atoms. The predicted molar refractivity (Wildman–Crippen MR) is 96.5 cm³/mol. The van der Waals surface area contributed by atoms with Crippen LogP contribution in [0, 0.1) is 5.92 Å². The van der Waals surface area contributed by atoms with Gasteiger partial charge in [0.2, 0.25) is 5.91 Å². The number of benzene rings is 1. The molecule has 2 N–H and O–H groups in total. The number of fused-ring (bicyclic) bond motifs is 1. The standard InChI is InChI=1S/C17H20N2O3S2/c1-17(9-5-4-6-11(17)15(21)22)19-14(20)10-23-16-18-12-7-2-3-8-13(12)24-16/h2-3,7-8,11H,4-6,9-10H2,1H3,(H,19,20)(H,21,22). The molecule has 0 saturated heterocycles. The number of carboxylic acids is 1. The molecule has 1 saturated carbocycles. The number of nitrogens with one attached hydrogen (secondary N) is 1. The van der Waals surface area contributed by atoms with Crippen molar-refractivity contribution < 1.29 is 14.7 Å². The van der Waals surface area contributed by atoms with Crippen LogP contribution in [-0.4, -0.2) is 33.3 Å². The summed E-state index contributed by atoms with van der Waals surface area (Å²) in [7, 11) is 0. The summed E-state index contributed by atoms with van der Waals surface area (Å²) in [5.41, 5.74) is 0.283. The normalized spacial score (nSPS) is 24.0. The lowest BCUT2D eigenvalue weighted by molar-refractivity contribution is -0.146. The first-order valence-electron chi connectivity index (χ1n) is 8.00. The van der Waals surface area contributed by atoms with Crippen LogP contribution in [0.5, 0.6) is 0 Å². The predicted octanol–water partition coefficient (Wildman–Crippen LogP) is 3.54. The molecule has 2 atom stereocenters. The van der Waals surface area contributed by atoms with E-state index in [9.17, 15) is 14.7 Å². The van der Waals surface area contributed by atoms with Gasteiger partial charge in [-0.25, -0.2) is 4.98 Å². The van der Waals surface area contributed by atoms with Gasteiger partial charge in [0.1, 0.15) is 0 Å². The lowest BCUT2D eigenvalue weighted by Gasteiger charge is -2.39. The number of aromatic nitrogens is 1. The summed E-state index contributed by atoms with van der Waals surface area (Å²) in [5, 5.41) is 12.4. The number of thiazole rings is 1. The van der Waals surface area contributed by atoms with Crippen molar-refractivity contribution in [3.05, 3.63) is 24.3 Å². The summed E-state index contributed by atoms with van der Waals surface area (Å²) in [6.07, 6.45) is 3.19. The molecule has 1 aliphatic carbocycles. The van der Waals surface area contributed by atoms with Crippen LogP contribution >= 0.6 is 23.1 Å². The molecule has 1 aromatic carbocycles. The van der Waals surface area contributed by atoms with Crippen molar-refractivity contribution >= 4 is 45.2 Å². The van der Waals surface area contributed by atoms with Crippen LogP contribution in [0.15, 0.2) is 28.6 Å². The zero-order chi connectivity index (χ0) is 17.2. The molecule has 1 amide bonds. The highest BCUT2D eigenvalue weighted by Crippen LogP contribution is 2.34. The summed E-state index contributed by atoms with van der Waals surface area (Å²) < 4.78 is 1.96. The fourth-order valence-electron chi connectivity index (χ4n) is 3.27. The maximum atomic E-state index is 12.3. The summed E-state index contributed by atoms with van der Waals surface area (Å²) in [6, 6.07) is 7.88. The van der Waals surface area contributed by atoms with Crippen molar-refractivity contribution in [2.75, 3.05) is 5.75 Å². The Labute approximate surface area is 148 Å². The van der Waals surface area contributed by atoms with Gasteiger partial charge >= 0.3 is 5.97 Å². The molecule has 1 aliphatic rings. The smallest absolute Gasteiger partial charge is 0.308 e. The Bertz CT molecular complexity index is 728. The number of aliphatic carboxylic acids is 1. The van der Waals surface area contributed by atoms with Gasteiger partial charge in [-0.15, -0.1) is 11.3 Å². The van der Waals surface area contributed by atoms with Gasteiger partial charge in [-0.05, 0) is 31.9 Å². The Balaban J connectivity index is 1.61. The van der Waals surface area contributed by atoms with Crippen molar-refractivity contribution in [1.82, 2.24) is 10.3 Å². The highest BCUT2D eigenvalue weighted by atomic mass is 32.2. The van der Waals surface area contributed by atoms with Crippen molar-refractivity contribution in [3.63, 3.8) is 0 Å². The highest BCUT2D eigenvalue weighted by molar-refractivity contribution is 8.01. The van der Waals surface area contributed by atoms with Gasteiger partial charge in [-0.2, -0.15) is 0 Å². The first-order valence-corrected chi connectivity index (χ1v) is 9.80. The van der Waals surface area contributed by atoms with E-state index in [2.05, 4.69) is 10.3 Å². The fourth-order valence-corrected chi connectivity index (χ4v) is 5.14. The summed E-state index contributed by atoms with van der Waals surface area (Å²) in [4.78, 5) is 28.3. The van der Waals surface area contributed by atoms with E-state index in [-0.39, 0.29) is 11.7 Å². The molecule has 1 heterocycles. The summed E-state index contributed by atoms with van der Waals surface area (Å²) in [5.74, 6) is -1.21. The first kappa shape index (κ1) is 17.2. The van der Waals surface area contributed by atoms with Crippen molar-refractivity contribution in [3.8, 4) is 0 Å². The number of hydrogen-bond donors (Lipinski definition) is 2. The van der Waals surface area contributed by atoms with Crippen LogP contribution in [-0.2, 0) is 9.59 Å². The molecule has 0 radical (unpaired) electrons. The molecule has 1 fully saturated rings. The quantitative estimate of drug-likeness (QED) is 0.794. The Hall–Kier alpha value is -1.60. The van der Waals surface area contributed by atoms with Gasteiger partial charge in [0.15, 0.2) is 4.34 Å². The second-order valence-electron chi connectivity index (χ2n) is 6.34. The van der Waals surface area contributed by atoms with Gasteiger partial charge in [-0.3, -0.25) is 9.59 Å². The van der Waals surface area contributed by atoms with Crippen molar-refractivity contribution in [2.24, 2.45) is 5.92 Å². The summed E-state index contributed by atoms with van der Waals surface area (Å²) in [6.45, 7) is 1.85. The second kappa shape index (κ2) is 7.11. The fraction of sp³-hybridized carbons (Fsp3) is 0.471. The number of amides is 1. The number of thioether (sulfide) groups is 1. The topological polar surface area (TPSA) is 79.3 Å². The van der Waals surface area contributed by atoms with Crippen LogP contribution in [0.3, 0.4) is 0 Å². The van der Waals surface area contributed by atoms with Crippen LogP contribution < -0.4 is 5.32 Å². The Morgan fingerprint density at radius 3 is 2.96 bits per heavy atom. The van der Waals surface area contributed by atoms with E-state index in [1.165, 1.54) is 11.8 Å². The third-order valence-electron chi connectivity index (χ3n) is 4.53. The van der Waals surface area contributed by atoms with E-state index in [0.29, 0.717) is 12.8 Å². The molecule has 2 unspecified atom stereocenters. The minimum absolute atomic E-state index is 0.130. The van der Waals surface area contributed by atoms with Gasteiger partial charge in [0.05, 0.1) is 27.4 Å². The number of carbonyl (C=O) groups is 2. The molecule has 128 valence electrons. The molecule has 7 heteroatoms. The molecule has 24 heavy (non-hydrogen) atoms. The van der Waals surface area contributed by atoms with E-state index in [1.807, 2.05) is 31.2 Å². The number of hydrogen-bond acceptors (Lipinski definition) is 5. The van der Waals surface area contributed by atoms with Gasteiger partial charge in [0, 0.05) is 0 Å². The van der Waals surface area contributed by atoms with E-state index in [4.69, 9.17) is 0 Å². The number of nitrogens with zero attached hydrogens (tertiary/aromatic N) is 1. The third kappa shape index (κ3) is 3.72. The molecule has 0 spiro atoms. The monoisotopic (exact) mass is 364 g/mol. The van der Waals surface area contributed by atoms with Crippen LogP contribution in [0.2, 0.25) is 0 Å². The molecule has 5 nitrogen and oxygen atoms in total. The second-order valence-corrected chi connectivity index (χ2v) is 8.59. The zero-order valence-electron chi connectivity index (χ0n) is 13.4. The van der Waals surface area contributed by atoms with E-state index < -0.39 is 17.4 Å². The first-order chi connectivity index (χ1) is 11.5. The number of rotatable bonds is 5. The molecular formula is C17H20N2O3S2. The van der Waals surface area contributed by atoms with Crippen LogP contribution in [0.1, 0.15) is 32.6 Å². The Morgan fingerprint density at radius 2 is 2.21 bits per heavy atom. The van der Waals surface area contributed by atoms with Crippen LogP contribution in [0.4, 0.5) is 0 Å². The largest absolute Gasteiger partial charge is 0.481 e. The molecule has 3 rings (SSSR count). The maximum absolute atomic E-state index is 12.3. The maximum Gasteiger partial charge on any atom is 0.308 e. The van der Waals surface area contributed by atoms with E-state index >= 15 is 0 Å². The minimum atomic E-state index is -0.823. The number of carbonyl (C=O) groups excluding carboxylic acids is 1. The highest BCUT2D eigenvalue weighted by Gasteiger charge is 2.42. The SMILES string of the molecule is CC1(NC(=O)CSc2nc3ccccc3s2)CCCCC1C(=O)O. The van der Waals surface area contributed by atoms with E-state index in [1.54, 1.807) is 11.3 Å². The molecule has 1 aromatic heterocycles. The van der Waals surface area contributed by atoms with Gasteiger partial charge in [0.25, 0.3) is 0 Å². The number of carboxylic acid groups (broad SMARTS) is 1. The Kier molecular flexibility index (Phi) is 5.10. The van der Waals surface area contributed by atoms with Crippen molar-refractivity contribution in [2.45, 2.75) is 42.5 Å². The zero-order valence-corrected chi connectivity index (χ0v) is 15.1. The Morgan fingerprint density at radius 1 is 1.42 bits per heavy atom. The lowest BCUT2D eigenvalue weighted by Crippen LogP contribution is -2.55. The van der Waals surface area contributed by atoms with Crippen molar-refractivity contribution in [1.29, 1.82) is 0 Å². The average Bonchev–Trinajstić information content (AvgIpc) is 2.95. The third-order valence-corrected chi connectivity index (χ3v) is 6.71. The lowest BCUT2D eigenvalue weighted by atomic mass is 9.74. The minimum Gasteiger partial charge on any atom is -0.481 e. The van der Waals surface area contributed by atoms with E-state index in [0.717, 1.165) is 27.4 Å². The van der Waals surface area contributed by atoms with Gasteiger partial charge < -0.3 is 10.4 Å².